The molecule has 0 atom stereocenters. The molecule has 0 saturated carbocycles. The molecular weight excluding hydrogens is 203 g/mol. The summed E-state index contributed by atoms with van der Waals surface area (Å²) in [4.78, 5) is 0. The van der Waals surface area contributed by atoms with Crippen LogP contribution in [0.2, 0.25) is 0 Å². The second kappa shape index (κ2) is 5.50. The number of aryl methyl sites for hydroxylation is 1. The van der Waals surface area contributed by atoms with Crippen LogP contribution in [0.25, 0.3) is 10.8 Å². The van der Waals surface area contributed by atoms with Crippen molar-refractivity contribution >= 4 is 10.8 Å². The maximum atomic E-state index is 13.0. The van der Waals surface area contributed by atoms with Crippen molar-refractivity contribution in [3.05, 3.63) is 41.7 Å². The molecule has 2 heteroatoms. The number of phenols is 1. The number of benzene rings is 2. The normalized spacial score (nSPS) is 9.75. The van der Waals surface area contributed by atoms with Gasteiger partial charge in [-0.05, 0) is 47.0 Å². The first-order valence-electron chi connectivity index (χ1n) is 5.62. The van der Waals surface area contributed by atoms with E-state index < -0.39 is 0 Å². The lowest BCUT2D eigenvalue weighted by Gasteiger charge is -2.05. The predicted molar refractivity (Wildman–Crippen MR) is 66.3 cm³/mol. The lowest BCUT2D eigenvalue weighted by Crippen LogP contribution is -1.85. The Labute approximate surface area is 95.5 Å². The summed E-state index contributed by atoms with van der Waals surface area (Å²) >= 11 is 0. The molecule has 0 bridgehead atoms. The van der Waals surface area contributed by atoms with E-state index >= 15 is 0 Å². The third kappa shape index (κ3) is 2.51. The third-order valence-electron chi connectivity index (χ3n) is 2.37. The van der Waals surface area contributed by atoms with Crippen LogP contribution in [0, 0.1) is 5.82 Å². The fourth-order valence-corrected chi connectivity index (χ4v) is 1.68. The van der Waals surface area contributed by atoms with Crippen LogP contribution in [0.1, 0.15) is 26.3 Å². The maximum absolute atomic E-state index is 13.0. The van der Waals surface area contributed by atoms with Gasteiger partial charge in [0.15, 0.2) is 0 Å². The quantitative estimate of drug-likeness (QED) is 0.760. The molecule has 16 heavy (non-hydrogen) atoms. The summed E-state index contributed by atoms with van der Waals surface area (Å²) in [5.74, 6) is -0.00107. The van der Waals surface area contributed by atoms with Crippen LogP contribution in [0.3, 0.4) is 0 Å². The van der Waals surface area contributed by atoms with Crippen molar-refractivity contribution < 1.29 is 9.50 Å². The number of hydrogen-bond acceptors (Lipinski definition) is 1. The van der Waals surface area contributed by atoms with E-state index in [9.17, 15) is 9.50 Å². The summed E-state index contributed by atoms with van der Waals surface area (Å²) in [5, 5.41) is 11.2. The molecule has 1 N–H and O–H groups in total. The smallest absolute Gasteiger partial charge is 0.123 e. The molecule has 1 nitrogen and oxygen atoms in total. The number of rotatable bonds is 1. The molecule has 0 aliphatic carbocycles. The summed E-state index contributed by atoms with van der Waals surface area (Å²) in [5.41, 5.74) is 0.972. The first-order valence-corrected chi connectivity index (χ1v) is 5.62. The van der Waals surface area contributed by atoms with E-state index in [-0.39, 0.29) is 11.6 Å². The highest BCUT2D eigenvalue weighted by atomic mass is 19.1. The Morgan fingerprint density at radius 2 is 1.81 bits per heavy atom. The van der Waals surface area contributed by atoms with Gasteiger partial charge in [-0.15, -0.1) is 0 Å². The second-order valence-electron chi connectivity index (χ2n) is 3.32. The zero-order valence-electron chi connectivity index (χ0n) is 9.92. The molecule has 2 aromatic carbocycles. The van der Waals surface area contributed by atoms with E-state index in [0.717, 1.165) is 22.8 Å². The Kier molecular flexibility index (Phi) is 4.29. The van der Waals surface area contributed by atoms with E-state index in [1.54, 1.807) is 18.2 Å². The van der Waals surface area contributed by atoms with Crippen LogP contribution >= 0.6 is 0 Å². The molecule has 0 spiro atoms. The van der Waals surface area contributed by atoms with E-state index in [0.29, 0.717) is 0 Å². The SMILES string of the molecule is CC.CCc1cc(O)cc2ccc(F)cc12. The lowest BCUT2D eigenvalue weighted by atomic mass is 10.0. The van der Waals surface area contributed by atoms with Gasteiger partial charge in [0.05, 0.1) is 0 Å². The van der Waals surface area contributed by atoms with Gasteiger partial charge in [0.1, 0.15) is 11.6 Å². The summed E-state index contributed by atoms with van der Waals surface area (Å²) in [7, 11) is 0. The maximum Gasteiger partial charge on any atom is 0.123 e. The Hall–Kier alpha value is -1.57. The zero-order chi connectivity index (χ0) is 12.1. The van der Waals surface area contributed by atoms with Gasteiger partial charge in [-0.2, -0.15) is 0 Å². The molecular formula is C14H17FO. The lowest BCUT2D eigenvalue weighted by molar-refractivity contribution is 0.475. The van der Waals surface area contributed by atoms with Gasteiger partial charge in [-0.3, -0.25) is 0 Å². The molecule has 0 aliphatic heterocycles. The largest absolute Gasteiger partial charge is 0.508 e. The number of aromatic hydroxyl groups is 1. The molecule has 2 aromatic rings. The van der Waals surface area contributed by atoms with Crippen LogP contribution in [-0.2, 0) is 6.42 Å². The van der Waals surface area contributed by atoms with E-state index in [2.05, 4.69) is 0 Å². The van der Waals surface area contributed by atoms with Crippen molar-refractivity contribution in [1.82, 2.24) is 0 Å². The predicted octanol–water partition coefficient (Wildman–Crippen LogP) is 4.27. The van der Waals surface area contributed by atoms with Gasteiger partial charge in [0, 0.05) is 0 Å². The van der Waals surface area contributed by atoms with Gasteiger partial charge >= 0.3 is 0 Å². The van der Waals surface area contributed by atoms with E-state index in [1.165, 1.54) is 12.1 Å². The highest BCUT2D eigenvalue weighted by Gasteiger charge is 2.03. The average molecular weight is 220 g/mol. The van der Waals surface area contributed by atoms with Crippen LogP contribution in [0.4, 0.5) is 4.39 Å². The first-order chi connectivity index (χ1) is 7.70. The molecule has 0 aliphatic rings. The fourth-order valence-electron chi connectivity index (χ4n) is 1.68. The molecule has 0 radical (unpaired) electrons. The van der Waals surface area contributed by atoms with Gasteiger partial charge in [-0.25, -0.2) is 4.39 Å². The van der Waals surface area contributed by atoms with Crippen LogP contribution in [0.15, 0.2) is 30.3 Å². The van der Waals surface area contributed by atoms with Crippen molar-refractivity contribution in [2.75, 3.05) is 0 Å². The molecule has 0 aromatic heterocycles. The average Bonchev–Trinajstić information content (AvgIpc) is 2.31. The molecule has 0 fully saturated rings. The Morgan fingerprint density at radius 3 is 2.44 bits per heavy atom. The summed E-state index contributed by atoms with van der Waals surface area (Å²) in [6.07, 6.45) is 0.786. The zero-order valence-corrected chi connectivity index (χ0v) is 9.92. The van der Waals surface area contributed by atoms with Crippen LogP contribution < -0.4 is 0 Å². The highest BCUT2D eigenvalue weighted by Crippen LogP contribution is 2.25. The Morgan fingerprint density at radius 1 is 1.12 bits per heavy atom. The number of hydrogen-bond donors (Lipinski definition) is 1. The van der Waals surface area contributed by atoms with E-state index in [4.69, 9.17) is 0 Å². The molecule has 0 saturated heterocycles. The van der Waals surface area contributed by atoms with Crippen molar-refractivity contribution in [3.8, 4) is 5.75 Å². The minimum atomic E-state index is -0.238. The van der Waals surface area contributed by atoms with Gasteiger partial charge in [-0.1, -0.05) is 26.8 Å². The fraction of sp³-hybridized carbons (Fsp3) is 0.286. The Balaban J connectivity index is 0.000000606. The van der Waals surface area contributed by atoms with Gasteiger partial charge in [0.2, 0.25) is 0 Å². The minimum Gasteiger partial charge on any atom is -0.508 e. The number of halogens is 1. The summed E-state index contributed by atoms with van der Waals surface area (Å²) in [6.45, 7) is 5.99. The molecule has 2 rings (SSSR count). The Bertz CT molecular complexity index is 477. The van der Waals surface area contributed by atoms with Crippen LogP contribution in [-0.4, -0.2) is 5.11 Å². The van der Waals surface area contributed by atoms with Crippen molar-refractivity contribution in [2.45, 2.75) is 27.2 Å². The summed E-state index contributed by atoms with van der Waals surface area (Å²) < 4.78 is 13.0. The minimum absolute atomic E-state index is 0.237. The standard InChI is InChI=1S/C12H11FO.C2H6/c1-2-8-5-11(14)6-9-3-4-10(13)7-12(8)9;1-2/h3-7,14H,2H2,1H3;1-2H3. The van der Waals surface area contributed by atoms with Crippen LogP contribution in [0.5, 0.6) is 5.75 Å². The topological polar surface area (TPSA) is 20.2 Å². The number of phenolic OH excluding ortho intramolecular Hbond substituents is 1. The first kappa shape index (κ1) is 12.5. The molecule has 0 amide bonds. The monoisotopic (exact) mass is 220 g/mol. The van der Waals surface area contributed by atoms with Crippen molar-refractivity contribution in [3.63, 3.8) is 0 Å². The highest BCUT2D eigenvalue weighted by molar-refractivity contribution is 5.87. The van der Waals surface area contributed by atoms with Gasteiger partial charge in [0.25, 0.3) is 0 Å². The van der Waals surface area contributed by atoms with Gasteiger partial charge < -0.3 is 5.11 Å². The second-order valence-corrected chi connectivity index (χ2v) is 3.32. The summed E-state index contributed by atoms with van der Waals surface area (Å²) in [6, 6.07) is 7.92. The van der Waals surface area contributed by atoms with E-state index in [1.807, 2.05) is 20.8 Å². The third-order valence-corrected chi connectivity index (χ3v) is 2.37. The van der Waals surface area contributed by atoms with Crippen molar-refractivity contribution in [1.29, 1.82) is 0 Å². The molecule has 0 heterocycles. The van der Waals surface area contributed by atoms with Crippen molar-refractivity contribution in [2.24, 2.45) is 0 Å². The molecule has 0 unspecified atom stereocenters. The number of fused-ring (bicyclic) bond motifs is 1. The molecule has 86 valence electrons.